The molecule has 0 saturated heterocycles. The monoisotopic (exact) mass is 299 g/mol. The summed E-state index contributed by atoms with van der Waals surface area (Å²) >= 11 is 6.16. The second kappa shape index (κ2) is 5.74. The van der Waals surface area contributed by atoms with Gasteiger partial charge in [-0.15, -0.1) is 0 Å². The van der Waals surface area contributed by atoms with E-state index in [-0.39, 0.29) is 5.92 Å². The molecule has 20 heavy (non-hydrogen) atoms. The van der Waals surface area contributed by atoms with Crippen molar-refractivity contribution in [2.45, 2.75) is 52.1 Å². The summed E-state index contributed by atoms with van der Waals surface area (Å²) in [6, 6.07) is 0. The van der Waals surface area contributed by atoms with Crippen molar-refractivity contribution >= 4 is 17.6 Å². The summed E-state index contributed by atoms with van der Waals surface area (Å²) in [6.45, 7) is 6.77. The number of halogens is 1. The molecule has 1 aromatic heterocycles. The molecular formula is C14H22ClN3O2. The molecule has 1 atom stereocenters. The highest BCUT2D eigenvalue weighted by molar-refractivity contribution is 6.31. The standard InChI is InChI=1S/C14H22ClN3O2/c1-4-7-16-14(13(19)20,11-5-6-11)8-18-10(3)12(15)9(2)17-18/h11,16H,4-8H2,1-3H3,(H,19,20). The number of hydrogen-bond donors (Lipinski definition) is 2. The number of aromatic nitrogens is 2. The number of carbonyl (C=O) groups is 1. The Labute approximate surface area is 124 Å². The summed E-state index contributed by atoms with van der Waals surface area (Å²) in [5.74, 6) is -0.619. The zero-order valence-electron chi connectivity index (χ0n) is 12.2. The van der Waals surface area contributed by atoms with Crippen LogP contribution in [-0.2, 0) is 11.3 Å². The van der Waals surface area contributed by atoms with Gasteiger partial charge in [0.1, 0.15) is 5.54 Å². The Morgan fingerprint density at radius 1 is 1.55 bits per heavy atom. The normalized spacial score (nSPS) is 18.0. The molecule has 1 unspecified atom stereocenters. The largest absolute Gasteiger partial charge is 0.480 e. The third kappa shape index (κ3) is 2.69. The van der Waals surface area contributed by atoms with Crippen LogP contribution in [0.2, 0.25) is 5.02 Å². The first kappa shape index (κ1) is 15.3. The fourth-order valence-corrected chi connectivity index (χ4v) is 2.77. The lowest BCUT2D eigenvalue weighted by atomic mass is 9.92. The van der Waals surface area contributed by atoms with Crippen molar-refractivity contribution in [2.24, 2.45) is 5.92 Å². The lowest BCUT2D eigenvalue weighted by Crippen LogP contribution is -2.57. The van der Waals surface area contributed by atoms with Crippen molar-refractivity contribution in [3.63, 3.8) is 0 Å². The van der Waals surface area contributed by atoms with Crippen LogP contribution < -0.4 is 5.32 Å². The number of nitrogens with zero attached hydrogens (tertiary/aromatic N) is 2. The van der Waals surface area contributed by atoms with Crippen molar-refractivity contribution in [3.05, 3.63) is 16.4 Å². The van der Waals surface area contributed by atoms with Gasteiger partial charge in [0.2, 0.25) is 0 Å². The van der Waals surface area contributed by atoms with E-state index in [1.54, 1.807) is 4.68 Å². The number of rotatable bonds is 7. The van der Waals surface area contributed by atoms with E-state index in [9.17, 15) is 9.90 Å². The van der Waals surface area contributed by atoms with Gasteiger partial charge >= 0.3 is 5.97 Å². The zero-order valence-corrected chi connectivity index (χ0v) is 13.0. The van der Waals surface area contributed by atoms with E-state index in [0.717, 1.165) is 30.7 Å². The number of aryl methyl sites for hydroxylation is 1. The van der Waals surface area contributed by atoms with Gasteiger partial charge in [-0.1, -0.05) is 18.5 Å². The lowest BCUT2D eigenvalue weighted by molar-refractivity contribution is -0.147. The van der Waals surface area contributed by atoms with E-state index >= 15 is 0 Å². The molecule has 0 radical (unpaired) electrons. The Bertz CT molecular complexity index is 511. The average molecular weight is 300 g/mol. The first-order valence-corrected chi connectivity index (χ1v) is 7.48. The fourth-order valence-electron chi connectivity index (χ4n) is 2.64. The van der Waals surface area contributed by atoms with Crippen molar-refractivity contribution in [3.8, 4) is 0 Å². The minimum atomic E-state index is -0.928. The van der Waals surface area contributed by atoms with Crippen LogP contribution in [0.1, 0.15) is 37.6 Å². The summed E-state index contributed by atoms with van der Waals surface area (Å²) < 4.78 is 1.73. The molecule has 1 saturated carbocycles. The molecule has 0 bridgehead atoms. The van der Waals surface area contributed by atoms with E-state index in [1.165, 1.54) is 0 Å². The molecule has 0 aromatic carbocycles. The summed E-state index contributed by atoms with van der Waals surface area (Å²) in [4.78, 5) is 11.9. The van der Waals surface area contributed by atoms with Crippen molar-refractivity contribution in [1.29, 1.82) is 0 Å². The number of aliphatic carboxylic acids is 1. The Balaban J connectivity index is 2.31. The Morgan fingerprint density at radius 3 is 2.60 bits per heavy atom. The van der Waals surface area contributed by atoms with Gasteiger partial charge in [-0.3, -0.25) is 9.48 Å². The van der Waals surface area contributed by atoms with Gasteiger partial charge in [0, 0.05) is 0 Å². The third-order valence-electron chi connectivity index (χ3n) is 4.04. The molecule has 1 heterocycles. The zero-order chi connectivity index (χ0) is 14.9. The van der Waals surface area contributed by atoms with E-state index < -0.39 is 11.5 Å². The van der Waals surface area contributed by atoms with Crippen LogP contribution in [0.3, 0.4) is 0 Å². The average Bonchev–Trinajstić information content (AvgIpc) is 3.21. The highest BCUT2D eigenvalue weighted by atomic mass is 35.5. The van der Waals surface area contributed by atoms with Crippen molar-refractivity contribution in [2.75, 3.05) is 6.54 Å². The molecule has 2 N–H and O–H groups in total. The summed E-state index contributed by atoms with van der Waals surface area (Å²) in [6.07, 6.45) is 2.81. The van der Waals surface area contributed by atoms with Crippen molar-refractivity contribution < 1.29 is 9.90 Å². The van der Waals surface area contributed by atoms with E-state index in [0.29, 0.717) is 18.1 Å². The highest BCUT2D eigenvalue weighted by Gasteiger charge is 2.51. The van der Waals surface area contributed by atoms with Gasteiger partial charge in [-0.2, -0.15) is 5.10 Å². The van der Waals surface area contributed by atoms with E-state index in [4.69, 9.17) is 11.6 Å². The SMILES string of the molecule is CCCNC(Cn1nc(C)c(Cl)c1C)(C(=O)O)C1CC1. The molecule has 112 valence electrons. The first-order valence-electron chi connectivity index (χ1n) is 7.10. The summed E-state index contributed by atoms with van der Waals surface area (Å²) in [7, 11) is 0. The summed E-state index contributed by atoms with van der Waals surface area (Å²) in [5, 5.41) is 18.0. The fraction of sp³-hybridized carbons (Fsp3) is 0.714. The van der Waals surface area contributed by atoms with E-state index in [2.05, 4.69) is 10.4 Å². The first-order chi connectivity index (χ1) is 9.42. The topological polar surface area (TPSA) is 67.2 Å². The molecule has 0 aliphatic heterocycles. The molecule has 2 rings (SSSR count). The van der Waals surface area contributed by atoms with Gasteiger partial charge in [0.15, 0.2) is 0 Å². The number of carboxylic acid groups (broad SMARTS) is 1. The minimum absolute atomic E-state index is 0.175. The molecule has 0 amide bonds. The van der Waals surface area contributed by atoms with Crippen molar-refractivity contribution in [1.82, 2.24) is 15.1 Å². The van der Waals surface area contributed by atoms with E-state index in [1.807, 2.05) is 20.8 Å². The van der Waals surface area contributed by atoms with Gasteiger partial charge in [0.25, 0.3) is 0 Å². The molecule has 0 spiro atoms. The Morgan fingerprint density at radius 2 is 2.20 bits per heavy atom. The smallest absolute Gasteiger partial charge is 0.326 e. The number of hydrogen-bond acceptors (Lipinski definition) is 3. The minimum Gasteiger partial charge on any atom is -0.480 e. The highest BCUT2D eigenvalue weighted by Crippen LogP contribution is 2.41. The van der Waals surface area contributed by atoms with Gasteiger partial charge in [0.05, 0.1) is 23.0 Å². The second-order valence-electron chi connectivity index (χ2n) is 5.62. The molecule has 1 aliphatic rings. The van der Waals surface area contributed by atoms with Gasteiger partial charge in [-0.25, -0.2) is 0 Å². The maximum atomic E-state index is 11.9. The maximum absolute atomic E-state index is 11.9. The molecule has 5 nitrogen and oxygen atoms in total. The Hall–Kier alpha value is -1.07. The molecular weight excluding hydrogens is 278 g/mol. The predicted molar refractivity (Wildman–Crippen MR) is 78.1 cm³/mol. The second-order valence-corrected chi connectivity index (χ2v) is 6.00. The third-order valence-corrected chi connectivity index (χ3v) is 4.59. The van der Waals surface area contributed by atoms with Crippen LogP contribution in [-0.4, -0.2) is 32.9 Å². The van der Waals surface area contributed by atoms with Crippen LogP contribution in [0.4, 0.5) is 0 Å². The maximum Gasteiger partial charge on any atom is 0.326 e. The van der Waals surface area contributed by atoms with Gasteiger partial charge in [-0.05, 0) is 45.6 Å². The van der Waals surface area contributed by atoms with Crippen LogP contribution in [0, 0.1) is 19.8 Å². The molecule has 1 aliphatic carbocycles. The molecule has 6 heteroatoms. The lowest BCUT2D eigenvalue weighted by Gasteiger charge is -2.31. The Kier molecular flexibility index (Phi) is 4.39. The van der Waals surface area contributed by atoms with Crippen LogP contribution >= 0.6 is 11.6 Å². The van der Waals surface area contributed by atoms with Gasteiger partial charge < -0.3 is 10.4 Å². The molecule has 1 aromatic rings. The quantitative estimate of drug-likeness (QED) is 0.811. The summed E-state index contributed by atoms with van der Waals surface area (Å²) in [5.41, 5.74) is 0.645. The van der Waals surface area contributed by atoms with Crippen LogP contribution in [0.15, 0.2) is 0 Å². The van der Waals surface area contributed by atoms with Crippen LogP contribution in [0.5, 0.6) is 0 Å². The van der Waals surface area contributed by atoms with Crippen LogP contribution in [0.25, 0.3) is 0 Å². The number of nitrogens with one attached hydrogen (secondary N) is 1. The predicted octanol–water partition coefficient (Wildman–Crippen LogP) is 2.39. The number of carboxylic acids is 1. The molecule has 1 fully saturated rings.